The van der Waals surface area contributed by atoms with Crippen LogP contribution in [0.15, 0.2) is 24.3 Å². The Morgan fingerprint density at radius 1 is 1.15 bits per heavy atom. The molecule has 0 spiro atoms. The number of aromatic nitrogens is 1. The number of H-pyrrole nitrogens is 1. The Morgan fingerprint density at radius 3 is 2.47 bits per heavy atom. The number of aliphatic hydroxyl groups is 1. The molecule has 34 heavy (non-hydrogen) atoms. The Labute approximate surface area is 201 Å². The Balaban J connectivity index is 1.69. The summed E-state index contributed by atoms with van der Waals surface area (Å²) in [5.41, 5.74) is 4.30. The number of carbonyl (C=O) groups is 3. The Kier molecular flexibility index (Phi) is 8.31. The third kappa shape index (κ3) is 6.14. The van der Waals surface area contributed by atoms with Crippen molar-refractivity contribution in [2.24, 2.45) is 5.41 Å². The minimum absolute atomic E-state index is 0.0596. The van der Waals surface area contributed by atoms with Gasteiger partial charge in [-0.1, -0.05) is 57.9 Å². The van der Waals surface area contributed by atoms with Crippen LogP contribution in [-0.4, -0.2) is 40.3 Å². The van der Waals surface area contributed by atoms with E-state index in [1.165, 1.54) is 0 Å². The second-order valence-electron chi connectivity index (χ2n) is 10.1. The summed E-state index contributed by atoms with van der Waals surface area (Å²) in [6.45, 7) is 8.40. The summed E-state index contributed by atoms with van der Waals surface area (Å²) in [6, 6.07) is 7.07. The van der Waals surface area contributed by atoms with Crippen LogP contribution in [0, 0.1) is 12.3 Å². The van der Waals surface area contributed by atoms with Gasteiger partial charge < -0.3 is 20.7 Å². The van der Waals surface area contributed by atoms with E-state index in [1.807, 2.05) is 31.2 Å². The van der Waals surface area contributed by atoms with E-state index in [4.69, 9.17) is 5.11 Å². The topological polar surface area (TPSA) is 111 Å². The van der Waals surface area contributed by atoms with E-state index in [0.29, 0.717) is 49.0 Å². The molecule has 1 aliphatic rings. The molecule has 184 valence electrons. The standard InChI is InChI=1S/C27H37N3O4/c1-5-6-7-20(25(33)28-16-19-10-8-18(9-11-19)12-13-31)30-26(34)24-17(2)23-21(29-24)14-27(3,4)15-22(23)32/h8-11,20,29,31H,5-7,12-16H2,1-4H3,(H,28,33)(H,30,34). The number of benzene rings is 1. The number of ketones is 1. The number of Topliss-reactive ketones (excluding diaryl/α,β-unsaturated/α-hetero) is 1. The number of fused-ring (bicyclic) bond motifs is 1. The molecule has 2 amide bonds. The first-order valence-electron chi connectivity index (χ1n) is 12.2. The van der Waals surface area contributed by atoms with Crippen LogP contribution in [0.2, 0.25) is 0 Å². The van der Waals surface area contributed by atoms with Crippen LogP contribution >= 0.6 is 0 Å². The fourth-order valence-electron chi connectivity index (χ4n) is 4.63. The van der Waals surface area contributed by atoms with Gasteiger partial charge in [-0.15, -0.1) is 0 Å². The van der Waals surface area contributed by atoms with Crippen molar-refractivity contribution in [1.82, 2.24) is 15.6 Å². The molecule has 4 N–H and O–H groups in total. The number of carbonyl (C=O) groups excluding carboxylic acids is 3. The van der Waals surface area contributed by atoms with Gasteiger partial charge >= 0.3 is 0 Å². The fourth-order valence-corrected chi connectivity index (χ4v) is 4.63. The average molecular weight is 468 g/mol. The van der Waals surface area contributed by atoms with Crippen molar-refractivity contribution in [3.05, 3.63) is 57.9 Å². The van der Waals surface area contributed by atoms with E-state index < -0.39 is 6.04 Å². The van der Waals surface area contributed by atoms with Crippen LogP contribution in [-0.2, 0) is 24.2 Å². The minimum Gasteiger partial charge on any atom is -0.396 e. The maximum atomic E-state index is 13.1. The van der Waals surface area contributed by atoms with Crippen LogP contribution in [0.4, 0.5) is 0 Å². The molecule has 0 saturated carbocycles. The van der Waals surface area contributed by atoms with Gasteiger partial charge in [-0.2, -0.15) is 0 Å². The second-order valence-corrected chi connectivity index (χ2v) is 10.1. The lowest BCUT2D eigenvalue weighted by Crippen LogP contribution is -2.46. The lowest BCUT2D eigenvalue weighted by atomic mass is 9.75. The van der Waals surface area contributed by atoms with Crippen molar-refractivity contribution in [2.45, 2.75) is 78.8 Å². The van der Waals surface area contributed by atoms with Gasteiger partial charge in [0, 0.05) is 30.8 Å². The van der Waals surface area contributed by atoms with E-state index in [-0.39, 0.29) is 29.6 Å². The number of aromatic amines is 1. The van der Waals surface area contributed by atoms with Gasteiger partial charge in [0.15, 0.2) is 5.78 Å². The largest absolute Gasteiger partial charge is 0.396 e. The molecule has 7 heteroatoms. The number of hydrogen-bond acceptors (Lipinski definition) is 4. The number of rotatable bonds is 10. The first-order chi connectivity index (χ1) is 16.1. The lowest BCUT2D eigenvalue weighted by Gasteiger charge is -2.28. The smallest absolute Gasteiger partial charge is 0.268 e. The van der Waals surface area contributed by atoms with Gasteiger partial charge in [0.05, 0.1) is 0 Å². The molecule has 1 aromatic heterocycles. The summed E-state index contributed by atoms with van der Waals surface area (Å²) < 4.78 is 0. The Bertz CT molecular complexity index is 1040. The first kappa shape index (κ1) is 25.7. The number of amides is 2. The van der Waals surface area contributed by atoms with Crippen molar-refractivity contribution < 1.29 is 19.5 Å². The maximum Gasteiger partial charge on any atom is 0.268 e. The third-order valence-corrected chi connectivity index (χ3v) is 6.49. The Morgan fingerprint density at radius 2 is 1.82 bits per heavy atom. The molecule has 0 radical (unpaired) electrons. The highest BCUT2D eigenvalue weighted by atomic mass is 16.3. The summed E-state index contributed by atoms with van der Waals surface area (Å²) in [4.78, 5) is 42.0. The van der Waals surface area contributed by atoms with Gasteiger partial charge in [0.25, 0.3) is 5.91 Å². The van der Waals surface area contributed by atoms with Crippen molar-refractivity contribution in [2.75, 3.05) is 6.61 Å². The molecule has 1 aliphatic carbocycles. The normalized spacial score (nSPS) is 15.5. The van der Waals surface area contributed by atoms with E-state index in [2.05, 4.69) is 29.5 Å². The molecule has 2 aromatic rings. The number of nitrogens with one attached hydrogen (secondary N) is 3. The van der Waals surface area contributed by atoms with Gasteiger partial charge in [-0.25, -0.2) is 0 Å². The fraction of sp³-hybridized carbons (Fsp3) is 0.519. The third-order valence-electron chi connectivity index (χ3n) is 6.49. The maximum absolute atomic E-state index is 13.1. The van der Waals surface area contributed by atoms with E-state index >= 15 is 0 Å². The van der Waals surface area contributed by atoms with Crippen LogP contribution in [0.1, 0.15) is 89.7 Å². The molecule has 1 unspecified atom stereocenters. The number of aliphatic hydroxyl groups excluding tert-OH is 1. The van der Waals surface area contributed by atoms with Gasteiger partial charge in [0.1, 0.15) is 11.7 Å². The summed E-state index contributed by atoms with van der Waals surface area (Å²) >= 11 is 0. The minimum atomic E-state index is -0.659. The summed E-state index contributed by atoms with van der Waals surface area (Å²) in [5, 5.41) is 14.9. The van der Waals surface area contributed by atoms with Gasteiger partial charge in [0.2, 0.25) is 5.91 Å². The molecule has 3 rings (SSSR count). The van der Waals surface area contributed by atoms with E-state index in [1.54, 1.807) is 6.92 Å². The molecule has 1 aromatic carbocycles. The SMILES string of the molecule is CCCCC(NC(=O)c1[nH]c2c(c1C)C(=O)CC(C)(C)C2)C(=O)NCc1ccc(CCO)cc1. The molecular formula is C27H37N3O4. The zero-order valence-corrected chi connectivity index (χ0v) is 20.7. The number of unbranched alkanes of at least 4 members (excludes halogenated alkanes) is 1. The van der Waals surface area contributed by atoms with Crippen molar-refractivity contribution in [1.29, 1.82) is 0 Å². The first-order valence-corrected chi connectivity index (χ1v) is 12.2. The second kappa shape index (κ2) is 11.0. The lowest BCUT2D eigenvalue weighted by molar-refractivity contribution is -0.123. The van der Waals surface area contributed by atoms with Crippen LogP contribution in [0.3, 0.4) is 0 Å². The van der Waals surface area contributed by atoms with Crippen LogP contribution < -0.4 is 10.6 Å². The summed E-state index contributed by atoms with van der Waals surface area (Å²) in [6.07, 6.45) is 4.02. The summed E-state index contributed by atoms with van der Waals surface area (Å²) in [5.74, 6) is -0.529. The van der Waals surface area contributed by atoms with Gasteiger partial charge in [-0.3, -0.25) is 14.4 Å². The number of hydrogen-bond donors (Lipinski definition) is 4. The van der Waals surface area contributed by atoms with Crippen molar-refractivity contribution in [3.8, 4) is 0 Å². The molecule has 0 saturated heterocycles. The van der Waals surface area contributed by atoms with Crippen LogP contribution in [0.25, 0.3) is 0 Å². The molecule has 0 aliphatic heterocycles. The highest BCUT2D eigenvalue weighted by molar-refractivity contribution is 6.05. The van der Waals surface area contributed by atoms with Crippen molar-refractivity contribution >= 4 is 17.6 Å². The monoisotopic (exact) mass is 467 g/mol. The molecule has 0 bridgehead atoms. The zero-order valence-electron chi connectivity index (χ0n) is 20.7. The highest BCUT2D eigenvalue weighted by Crippen LogP contribution is 2.36. The molecule has 0 fully saturated rings. The quantitative estimate of drug-likeness (QED) is 0.428. The van der Waals surface area contributed by atoms with Gasteiger partial charge in [-0.05, 0) is 48.3 Å². The van der Waals surface area contributed by atoms with Crippen molar-refractivity contribution in [3.63, 3.8) is 0 Å². The molecule has 1 atom stereocenters. The summed E-state index contributed by atoms with van der Waals surface area (Å²) in [7, 11) is 0. The van der Waals surface area contributed by atoms with E-state index in [0.717, 1.165) is 29.7 Å². The predicted octanol–water partition coefficient (Wildman–Crippen LogP) is 3.62. The zero-order chi connectivity index (χ0) is 24.9. The molecular weight excluding hydrogens is 430 g/mol. The molecule has 7 nitrogen and oxygen atoms in total. The Hall–Kier alpha value is -2.93. The van der Waals surface area contributed by atoms with Crippen LogP contribution in [0.5, 0.6) is 0 Å². The highest BCUT2D eigenvalue weighted by Gasteiger charge is 2.35. The van der Waals surface area contributed by atoms with E-state index in [9.17, 15) is 14.4 Å². The average Bonchev–Trinajstić information content (AvgIpc) is 3.11. The molecule has 1 heterocycles. The predicted molar refractivity (Wildman–Crippen MR) is 132 cm³/mol.